The Morgan fingerprint density at radius 1 is 1.33 bits per heavy atom. The number of hydrogen-bond acceptors (Lipinski definition) is 1. The second-order valence-corrected chi connectivity index (χ2v) is 6.00. The van der Waals surface area contributed by atoms with Crippen LogP contribution in [0, 0.1) is 17.3 Å². The first-order chi connectivity index (χ1) is 7.20. The SMILES string of the molecule is CC1CC12CCN(C(=O)CC1CC1)CC2. The first-order valence-corrected chi connectivity index (χ1v) is 6.47. The lowest BCUT2D eigenvalue weighted by Crippen LogP contribution is -2.39. The Morgan fingerprint density at radius 3 is 2.40 bits per heavy atom. The number of amides is 1. The van der Waals surface area contributed by atoms with Crippen molar-refractivity contribution >= 4 is 5.91 Å². The van der Waals surface area contributed by atoms with Crippen LogP contribution >= 0.6 is 0 Å². The summed E-state index contributed by atoms with van der Waals surface area (Å²) in [5.74, 6) is 2.10. The maximum Gasteiger partial charge on any atom is 0.222 e. The van der Waals surface area contributed by atoms with E-state index >= 15 is 0 Å². The molecule has 0 radical (unpaired) electrons. The number of carbonyl (C=O) groups excluding carboxylic acids is 1. The van der Waals surface area contributed by atoms with E-state index in [2.05, 4.69) is 11.8 Å². The summed E-state index contributed by atoms with van der Waals surface area (Å²) in [6.07, 6.45) is 7.37. The minimum absolute atomic E-state index is 0.431. The highest BCUT2D eigenvalue weighted by molar-refractivity contribution is 5.76. The van der Waals surface area contributed by atoms with E-state index in [1.807, 2.05) is 0 Å². The molecule has 1 aliphatic heterocycles. The van der Waals surface area contributed by atoms with Crippen molar-refractivity contribution in [3.63, 3.8) is 0 Å². The molecule has 0 aromatic carbocycles. The third-order valence-corrected chi connectivity index (χ3v) is 4.87. The third-order valence-electron chi connectivity index (χ3n) is 4.87. The molecule has 2 nitrogen and oxygen atoms in total. The smallest absolute Gasteiger partial charge is 0.222 e. The van der Waals surface area contributed by atoms with Crippen molar-refractivity contribution in [3.8, 4) is 0 Å². The average molecular weight is 207 g/mol. The number of hydrogen-bond donors (Lipinski definition) is 0. The molecule has 0 aromatic rings. The van der Waals surface area contributed by atoms with Gasteiger partial charge in [-0.2, -0.15) is 0 Å². The van der Waals surface area contributed by atoms with Gasteiger partial charge in [0.25, 0.3) is 0 Å². The third kappa shape index (κ3) is 1.79. The van der Waals surface area contributed by atoms with Crippen LogP contribution in [-0.2, 0) is 4.79 Å². The number of carbonyl (C=O) groups is 1. The van der Waals surface area contributed by atoms with Crippen LogP contribution in [0.2, 0.25) is 0 Å². The van der Waals surface area contributed by atoms with E-state index in [4.69, 9.17) is 0 Å². The molecule has 1 saturated heterocycles. The molecule has 2 saturated carbocycles. The fourth-order valence-electron chi connectivity index (χ4n) is 3.15. The van der Waals surface area contributed by atoms with E-state index in [0.29, 0.717) is 11.3 Å². The molecule has 2 aliphatic carbocycles. The van der Waals surface area contributed by atoms with Crippen molar-refractivity contribution in [2.24, 2.45) is 17.3 Å². The largest absolute Gasteiger partial charge is 0.343 e. The summed E-state index contributed by atoms with van der Waals surface area (Å²) in [7, 11) is 0. The first kappa shape index (κ1) is 9.68. The van der Waals surface area contributed by atoms with Crippen LogP contribution in [0.25, 0.3) is 0 Å². The fourth-order valence-corrected chi connectivity index (χ4v) is 3.15. The second-order valence-electron chi connectivity index (χ2n) is 6.00. The summed E-state index contributed by atoms with van der Waals surface area (Å²) >= 11 is 0. The predicted molar refractivity (Wildman–Crippen MR) is 59.4 cm³/mol. The minimum atomic E-state index is 0.431. The van der Waals surface area contributed by atoms with Gasteiger partial charge < -0.3 is 4.90 Å². The lowest BCUT2D eigenvalue weighted by Gasteiger charge is -2.33. The van der Waals surface area contributed by atoms with Gasteiger partial charge in [0.1, 0.15) is 0 Å². The van der Waals surface area contributed by atoms with Gasteiger partial charge in [-0.05, 0) is 49.4 Å². The summed E-state index contributed by atoms with van der Waals surface area (Å²) < 4.78 is 0. The Balaban J connectivity index is 1.50. The molecule has 0 N–H and O–H groups in total. The van der Waals surface area contributed by atoms with E-state index < -0.39 is 0 Å². The highest BCUT2D eigenvalue weighted by atomic mass is 16.2. The number of likely N-dealkylation sites (tertiary alicyclic amines) is 1. The summed E-state index contributed by atoms with van der Waals surface area (Å²) in [5, 5.41) is 0. The topological polar surface area (TPSA) is 20.3 Å². The van der Waals surface area contributed by atoms with Crippen molar-refractivity contribution in [1.29, 1.82) is 0 Å². The Hall–Kier alpha value is -0.530. The molecule has 0 aromatic heterocycles. The van der Waals surface area contributed by atoms with E-state index in [0.717, 1.165) is 31.3 Å². The zero-order valence-corrected chi connectivity index (χ0v) is 9.67. The van der Waals surface area contributed by atoms with Gasteiger partial charge in [-0.25, -0.2) is 0 Å². The van der Waals surface area contributed by atoms with Crippen LogP contribution in [0.3, 0.4) is 0 Å². The van der Waals surface area contributed by atoms with Crippen molar-refractivity contribution in [2.75, 3.05) is 13.1 Å². The highest BCUT2D eigenvalue weighted by Crippen LogP contribution is 2.59. The Morgan fingerprint density at radius 2 is 1.93 bits per heavy atom. The molecule has 84 valence electrons. The maximum atomic E-state index is 11.9. The van der Waals surface area contributed by atoms with Crippen molar-refractivity contribution in [3.05, 3.63) is 0 Å². The molecule has 1 amide bonds. The van der Waals surface area contributed by atoms with Crippen LogP contribution < -0.4 is 0 Å². The molecule has 1 atom stereocenters. The van der Waals surface area contributed by atoms with Gasteiger partial charge in [-0.3, -0.25) is 4.79 Å². The molecule has 15 heavy (non-hydrogen) atoms. The zero-order chi connectivity index (χ0) is 10.5. The van der Waals surface area contributed by atoms with E-state index in [-0.39, 0.29) is 0 Å². The van der Waals surface area contributed by atoms with Gasteiger partial charge in [-0.15, -0.1) is 0 Å². The molecule has 3 rings (SSSR count). The molecule has 1 unspecified atom stereocenters. The number of rotatable bonds is 2. The maximum absolute atomic E-state index is 11.9. The second kappa shape index (κ2) is 3.23. The Bertz CT molecular complexity index is 274. The highest BCUT2D eigenvalue weighted by Gasteiger charge is 2.52. The van der Waals surface area contributed by atoms with Crippen LogP contribution in [0.5, 0.6) is 0 Å². The molecule has 0 bridgehead atoms. The van der Waals surface area contributed by atoms with Crippen molar-refractivity contribution < 1.29 is 4.79 Å². The fraction of sp³-hybridized carbons (Fsp3) is 0.923. The molecular formula is C13H21NO. The molecule has 3 fully saturated rings. The Labute approximate surface area is 92.0 Å². The number of piperidine rings is 1. The summed E-state index contributed by atoms with van der Waals surface area (Å²) in [6.45, 7) is 4.44. The van der Waals surface area contributed by atoms with Gasteiger partial charge >= 0.3 is 0 Å². The minimum Gasteiger partial charge on any atom is -0.343 e. The predicted octanol–water partition coefficient (Wildman–Crippen LogP) is 2.44. The van der Waals surface area contributed by atoms with Gasteiger partial charge in [0, 0.05) is 19.5 Å². The van der Waals surface area contributed by atoms with E-state index in [9.17, 15) is 4.79 Å². The molecule has 2 heteroatoms. The van der Waals surface area contributed by atoms with E-state index in [1.165, 1.54) is 32.1 Å². The molecular weight excluding hydrogens is 186 g/mol. The van der Waals surface area contributed by atoms with Gasteiger partial charge in [-0.1, -0.05) is 6.92 Å². The molecule has 1 spiro atoms. The number of nitrogens with zero attached hydrogens (tertiary/aromatic N) is 1. The van der Waals surface area contributed by atoms with Crippen LogP contribution in [0.4, 0.5) is 0 Å². The summed E-state index contributed by atoms with van der Waals surface area (Å²) in [4.78, 5) is 14.0. The molecule has 3 aliphatic rings. The van der Waals surface area contributed by atoms with Crippen LogP contribution in [-0.4, -0.2) is 23.9 Å². The quantitative estimate of drug-likeness (QED) is 0.681. The normalized spacial score (nSPS) is 33.1. The van der Waals surface area contributed by atoms with Crippen LogP contribution in [0.1, 0.15) is 45.4 Å². The van der Waals surface area contributed by atoms with Crippen molar-refractivity contribution in [2.45, 2.75) is 45.4 Å². The monoisotopic (exact) mass is 207 g/mol. The first-order valence-electron chi connectivity index (χ1n) is 6.47. The average Bonchev–Trinajstić information content (AvgIpc) is 3.10. The zero-order valence-electron chi connectivity index (χ0n) is 9.67. The standard InChI is InChI=1S/C13H21NO/c1-10-9-13(10)4-6-14(7-5-13)12(15)8-11-2-3-11/h10-11H,2-9H2,1H3. The van der Waals surface area contributed by atoms with Gasteiger partial charge in [0.2, 0.25) is 5.91 Å². The molecule has 1 heterocycles. The summed E-state index contributed by atoms with van der Waals surface area (Å²) in [6, 6.07) is 0. The van der Waals surface area contributed by atoms with Gasteiger partial charge in [0.15, 0.2) is 0 Å². The van der Waals surface area contributed by atoms with Crippen molar-refractivity contribution in [1.82, 2.24) is 4.90 Å². The lowest BCUT2D eigenvalue weighted by atomic mass is 9.91. The Kier molecular flexibility index (Phi) is 2.08. The van der Waals surface area contributed by atoms with Crippen LogP contribution in [0.15, 0.2) is 0 Å². The summed E-state index contributed by atoms with van der Waals surface area (Å²) in [5.41, 5.74) is 0.663. The lowest BCUT2D eigenvalue weighted by molar-refractivity contribution is -0.133. The van der Waals surface area contributed by atoms with Gasteiger partial charge in [0.05, 0.1) is 0 Å². The van der Waals surface area contributed by atoms with E-state index in [1.54, 1.807) is 0 Å².